The van der Waals surface area contributed by atoms with E-state index in [2.05, 4.69) is 11.4 Å². The molecule has 0 fully saturated rings. The van der Waals surface area contributed by atoms with Gasteiger partial charge < -0.3 is 5.32 Å². The highest BCUT2D eigenvalue weighted by Crippen LogP contribution is 2.20. The van der Waals surface area contributed by atoms with Gasteiger partial charge in [-0.1, -0.05) is 29.8 Å². The van der Waals surface area contributed by atoms with Gasteiger partial charge in [-0.25, -0.2) is 0 Å². The first kappa shape index (κ1) is 14.1. The second-order valence-corrected chi connectivity index (χ2v) is 4.86. The average Bonchev–Trinajstić information content (AvgIpc) is 2.44. The molecule has 100 valence electrons. The molecule has 2 rings (SSSR count). The molecular weight excluding hydrogens is 272 g/mol. The molecule has 0 unspecified atom stereocenters. The predicted octanol–water partition coefficient (Wildman–Crippen LogP) is 3.97. The van der Waals surface area contributed by atoms with Crippen molar-refractivity contribution in [2.24, 2.45) is 0 Å². The topological polar surface area (TPSA) is 52.9 Å². The lowest BCUT2D eigenvalue weighted by Crippen LogP contribution is -2.11. The number of anilines is 1. The Bertz CT molecular complexity index is 672. The lowest BCUT2D eigenvalue weighted by Gasteiger charge is -2.07. The van der Waals surface area contributed by atoms with Crippen LogP contribution in [0.2, 0.25) is 5.02 Å². The fourth-order valence-corrected chi connectivity index (χ4v) is 1.92. The first-order valence-electron chi connectivity index (χ1n) is 6.13. The third-order valence-electron chi connectivity index (χ3n) is 2.93. The van der Waals surface area contributed by atoms with Gasteiger partial charge in [-0.2, -0.15) is 5.26 Å². The Balaban J connectivity index is 2.11. The highest BCUT2D eigenvalue weighted by atomic mass is 35.5. The number of halogens is 1. The Morgan fingerprint density at radius 2 is 1.95 bits per heavy atom. The second kappa shape index (κ2) is 6.23. The maximum atomic E-state index is 12.1. The monoisotopic (exact) mass is 284 g/mol. The van der Waals surface area contributed by atoms with Gasteiger partial charge in [-0.3, -0.25) is 4.79 Å². The lowest BCUT2D eigenvalue weighted by atomic mass is 10.1. The second-order valence-electron chi connectivity index (χ2n) is 4.45. The lowest BCUT2D eigenvalue weighted by molar-refractivity contribution is 0.102. The largest absolute Gasteiger partial charge is 0.322 e. The molecule has 0 spiro atoms. The van der Waals surface area contributed by atoms with Crippen LogP contribution in [0.1, 0.15) is 21.5 Å². The van der Waals surface area contributed by atoms with E-state index in [1.807, 2.05) is 19.1 Å². The van der Waals surface area contributed by atoms with E-state index >= 15 is 0 Å². The molecule has 0 heterocycles. The van der Waals surface area contributed by atoms with Crippen molar-refractivity contribution in [1.82, 2.24) is 0 Å². The van der Waals surface area contributed by atoms with Gasteiger partial charge in [0.1, 0.15) is 0 Å². The minimum atomic E-state index is -0.201. The number of nitrogens with one attached hydrogen (secondary N) is 1. The molecular formula is C16H13ClN2O. The van der Waals surface area contributed by atoms with Gasteiger partial charge in [-0.15, -0.1) is 0 Å². The maximum Gasteiger partial charge on any atom is 0.255 e. The van der Waals surface area contributed by atoms with Gasteiger partial charge in [0.2, 0.25) is 0 Å². The quantitative estimate of drug-likeness (QED) is 0.927. The molecule has 0 saturated heterocycles. The molecule has 2 aromatic rings. The highest BCUT2D eigenvalue weighted by molar-refractivity contribution is 6.31. The Labute approximate surface area is 122 Å². The van der Waals surface area contributed by atoms with Crippen molar-refractivity contribution in [3.05, 3.63) is 64.2 Å². The van der Waals surface area contributed by atoms with Gasteiger partial charge in [0, 0.05) is 16.3 Å². The van der Waals surface area contributed by atoms with Crippen LogP contribution in [0.5, 0.6) is 0 Å². The maximum absolute atomic E-state index is 12.1. The molecule has 1 amide bonds. The number of carbonyl (C=O) groups excluding carboxylic acids is 1. The molecule has 0 radical (unpaired) electrons. The highest BCUT2D eigenvalue weighted by Gasteiger charge is 2.07. The summed E-state index contributed by atoms with van der Waals surface area (Å²) in [6.07, 6.45) is 0.343. The smallest absolute Gasteiger partial charge is 0.255 e. The molecule has 4 heteroatoms. The Morgan fingerprint density at radius 1 is 1.25 bits per heavy atom. The van der Waals surface area contributed by atoms with E-state index in [0.29, 0.717) is 22.7 Å². The number of hydrogen-bond donors (Lipinski definition) is 1. The molecule has 3 nitrogen and oxygen atoms in total. The molecule has 2 aromatic carbocycles. The molecule has 0 aliphatic carbocycles. The summed E-state index contributed by atoms with van der Waals surface area (Å²) in [4.78, 5) is 12.1. The molecule has 0 atom stereocenters. The number of benzene rings is 2. The van der Waals surface area contributed by atoms with Crippen LogP contribution < -0.4 is 5.32 Å². The standard InChI is InChI=1S/C16H13ClN2O/c1-11-2-7-14(10-15(11)17)19-16(20)13-5-3-12(4-6-13)8-9-18/h2-7,10H,8H2,1H3,(H,19,20). The Kier molecular flexibility index (Phi) is 4.39. The van der Waals surface area contributed by atoms with Crippen molar-refractivity contribution in [3.8, 4) is 6.07 Å². The average molecular weight is 285 g/mol. The van der Waals surface area contributed by atoms with Crippen molar-refractivity contribution in [1.29, 1.82) is 5.26 Å². The minimum absolute atomic E-state index is 0.201. The SMILES string of the molecule is Cc1ccc(NC(=O)c2ccc(CC#N)cc2)cc1Cl. The zero-order valence-electron chi connectivity index (χ0n) is 11.0. The molecule has 0 aromatic heterocycles. The fraction of sp³-hybridized carbons (Fsp3) is 0.125. The Hall–Kier alpha value is -2.31. The molecule has 1 N–H and O–H groups in total. The van der Waals surface area contributed by atoms with Crippen molar-refractivity contribution in [2.45, 2.75) is 13.3 Å². The number of aryl methyl sites for hydroxylation is 1. The van der Waals surface area contributed by atoms with E-state index in [0.717, 1.165) is 11.1 Å². The molecule has 0 saturated carbocycles. The van der Waals surface area contributed by atoms with E-state index in [-0.39, 0.29) is 5.91 Å². The zero-order valence-corrected chi connectivity index (χ0v) is 11.7. The summed E-state index contributed by atoms with van der Waals surface area (Å²) in [5.41, 5.74) is 3.06. The van der Waals surface area contributed by atoms with Crippen LogP contribution in [-0.2, 0) is 6.42 Å². The molecule has 0 aliphatic rings. The van der Waals surface area contributed by atoms with E-state index in [1.165, 1.54) is 0 Å². The van der Waals surface area contributed by atoms with E-state index < -0.39 is 0 Å². The number of carbonyl (C=O) groups is 1. The van der Waals surface area contributed by atoms with Crippen molar-refractivity contribution < 1.29 is 4.79 Å². The van der Waals surface area contributed by atoms with Gasteiger partial charge in [-0.05, 0) is 42.3 Å². The van der Waals surface area contributed by atoms with Crippen LogP contribution >= 0.6 is 11.6 Å². The summed E-state index contributed by atoms with van der Waals surface area (Å²) >= 11 is 6.02. The predicted molar refractivity (Wildman–Crippen MR) is 79.9 cm³/mol. The van der Waals surface area contributed by atoms with Crippen LogP contribution in [0, 0.1) is 18.3 Å². The van der Waals surface area contributed by atoms with Crippen molar-refractivity contribution >= 4 is 23.2 Å². The summed E-state index contributed by atoms with van der Waals surface area (Å²) in [6, 6.07) is 14.4. The van der Waals surface area contributed by atoms with Crippen molar-refractivity contribution in [3.63, 3.8) is 0 Å². The number of nitriles is 1. The number of hydrogen-bond acceptors (Lipinski definition) is 2. The molecule has 0 bridgehead atoms. The summed E-state index contributed by atoms with van der Waals surface area (Å²) in [7, 11) is 0. The van der Waals surface area contributed by atoms with Gasteiger partial charge in [0.05, 0.1) is 12.5 Å². The first-order chi connectivity index (χ1) is 9.60. The summed E-state index contributed by atoms with van der Waals surface area (Å²) in [5.74, 6) is -0.201. The normalized spacial score (nSPS) is 9.85. The first-order valence-corrected chi connectivity index (χ1v) is 6.51. The van der Waals surface area contributed by atoms with E-state index in [4.69, 9.17) is 16.9 Å². The van der Waals surface area contributed by atoms with Crippen LogP contribution in [0.3, 0.4) is 0 Å². The van der Waals surface area contributed by atoms with Gasteiger partial charge in [0.25, 0.3) is 5.91 Å². The Morgan fingerprint density at radius 3 is 2.55 bits per heavy atom. The summed E-state index contributed by atoms with van der Waals surface area (Å²) < 4.78 is 0. The van der Waals surface area contributed by atoms with E-state index in [9.17, 15) is 4.79 Å². The minimum Gasteiger partial charge on any atom is -0.322 e. The van der Waals surface area contributed by atoms with Crippen LogP contribution in [0.15, 0.2) is 42.5 Å². The number of rotatable bonds is 3. The number of nitrogens with zero attached hydrogens (tertiary/aromatic N) is 1. The molecule has 20 heavy (non-hydrogen) atoms. The number of amides is 1. The molecule has 0 aliphatic heterocycles. The van der Waals surface area contributed by atoms with Crippen LogP contribution in [-0.4, -0.2) is 5.91 Å². The fourth-order valence-electron chi connectivity index (χ4n) is 1.74. The van der Waals surface area contributed by atoms with Gasteiger partial charge >= 0.3 is 0 Å². The van der Waals surface area contributed by atoms with Crippen LogP contribution in [0.25, 0.3) is 0 Å². The third-order valence-corrected chi connectivity index (χ3v) is 3.34. The van der Waals surface area contributed by atoms with E-state index in [1.54, 1.807) is 30.3 Å². The van der Waals surface area contributed by atoms with Crippen LogP contribution in [0.4, 0.5) is 5.69 Å². The van der Waals surface area contributed by atoms with Gasteiger partial charge in [0.15, 0.2) is 0 Å². The summed E-state index contributed by atoms with van der Waals surface area (Å²) in [5, 5.41) is 12.0. The summed E-state index contributed by atoms with van der Waals surface area (Å²) in [6.45, 7) is 1.90. The van der Waals surface area contributed by atoms with Crippen molar-refractivity contribution in [2.75, 3.05) is 5.32 Å². The zero-order chi connectivity index (χ0) is 14.5. The third kappa shape index (κ3) is 3.37.